The Labute approximate surface area is 124 Å². The van der Waals surface area contributed by atoms with Gasteiger partial charge in [-0.3, -0.25) is 4.68 Å². The molecule has 0 amide bonds. The third kappa shape index (κ3) is 2.51. The van der Waals surface area contributed by atoms with Crippen LogP contribution in [0.4, 0.5) is 22.0 Å². The zero-order valence-corrected chi connectivity index (χ0v) is 12.0. The topological polar surface area (TPSA) is 38.0 Å². The number of hydrogen-bond acceptors (Lipinski definition) is 2. The van der Waals surface area contributed by atoms with Gasteiger partial charge in [0, 0.05) is 24.2 Å². The molecule has 0 aromatic carbocycles. The first kappa shape index (κ1) is 15.7. The van der Waals surface area contributed by atoms with Crippen molar-refractivity contribution in [1.29, 1.82) is 0 Å². The number of halogens is 5. The lowest BCUT2D eigenvalue weighted by molar-refractivity contribution is -0.150. The summed E-state index contributed by atoms with van der Waals surface area (Å²) in [6.07, 6.45) is -6.36. The Balaban J connectivity index is 1.99. The van der Waals surface area contributed by atoms with Gasteiger partial charge in [0.1, 0.15) is 6.10 Å². The van der Waals surface area contributed by atoms with Gasteiger partial charge in [-0.2, -0.15) is 18.3 Å². The molecule has 3 nitrogen and oxygen atoms in total. The zero-order chi connectivity index (χ0) is 16.3. The van der Waals surface area contributed by atoms with Crippen molar-refractivity contribution >= 4 is 0 Å². The summed E-state index contributed by atoms with van der Waals surface area (Å²) in [4.78, 5) is 0. The normalized spacial score (nSPS) is 30.8. The molecule has 1 fully saturated rings. The number of hydrogen-bond donors (Lipinski definition) is 1. The second-order valence-corrected chi connectivity index (χ2v) is 6.50. The highest BCUT2D eigenvalue weighted by Crippen LogP contribution is 2.47. The number of aliphatic hydroxyl groups is 1. The summed E-state index contributed by atoms with van der Waals surface area (Å²) in [5.74, 6) is -2.79. The molecule has 1 heterocycles. The van der Waals surface area contributed by atoms with E-state index < -0.39 is 35.9 Å². The van der Waals surface area contributed by atoms with Crippen molar-refractivity contribution in [1.82, 2.24) is 9.78 Å². The first-order valence-electron chi connectivity index (χ1n) is 7.32. The van der Waals surface area contributed by atoms with Crippen LogP contribution in [0.1, 0.15) is 49.2 Å². The van der Waals surface area contributed by atoms with E-state index in [1.54, 1.807) is 0 Å². The summed E-state index contributed by atoms with van der Waals surface area (Å²) < 4.78 is 67.6. The van der Waals surface area contributed by atoms with E-state index in [9.17, 15) is 27.1 Å². The summed E-state index contributed by atoms with van der Waals surface area (Å²) in [7, 11) is 0. The van der Waals surface area contributed by atoms with Crippen molar-refractivity contribution in [2.24, 2.45) is 11.8 Å². The maximum atomic E-state index is 13.6. The summed E-state index contributed by atoms with van der Waals surface area (Å²) >= 11 is 0. The van der Waals surface area contributed by atoms with Crippen LogP contribution >= 0.6 is 0 Å². The van der Waals surface area contributed by atoms with Gasteiger partial charge in [0.15, 0.2) is 5.69 Å². The quantitative estimate of drug-likeness (QED) is 0.845. The lowest BCUT2D eigenvalue weighted by Gasteiger charge is -2.33. The number of rotatable bonds is 2. The Morgan fingerprint density at radius 2 is 1.95 bits per heavy atom. The summed E-state index contributed by atoms with van der Waals surface area (Å²) in [6.45, 7) is 2.35. The van der Waals surface area contributed by atoms with Gasteiger partial charge < -0.3 is 5.11 Å². The van der Waals surface area contributed by atoms with Crippen LogP contribution in [0, 0.1) is 11.8 Å². The van der Waals surface area contributed by atoms with Crippen LogP contribution in [-0.2, 0) is 19.1 Å². The fourth-order valence-corrected chi connectivity index (χ4v) is 3.52. The Bertz CT molecular complexity index is 575. The second kappa shape index (κ2) is 4.91. The van der Waals surface area contributed by atoms with Gasteiger partial charge in [-0.1, -0.05) is 6.92 Å². The predicted molar refractivity (Wildman–Crippen MR) is 67.3 cm³/mol. The molecular weight excluding hydrogens is 307 g/mol. The molecule has 1 unspecified atom stereocenters. The Morgan fingerprint density at radius 3 is 2.50 bits per heavy atom. The predicted octanol–water partition coefficient (Wildman–Crippen LogP) is 3.56. The van der Waals surface area contributed by atoms with Crippen molar-refractivity contribution in [3.8, 4) is 0 Å². The van der Waals surface area contributed by atoms with E-state index in [1.807, 2.05) is 0 Å². The Morgan fingerprint density at radius 1 is 1.32 bits per heavy atom. The molecule has 22 heavy (non-hydrogen) atoms. The molecule has 2 aliphatic carbocycles. The number of fused-ring (bicyclic) bond motifs is 1. The third-order valence-corrected chi connectivity index (χ3v) is 4.64. The van der Waals surface area contributed by atoms with Crippen LogP contribution in [0.5, 0.6) is 0 Å². The molecule has 0 radical (unpaired) electrons. The third-order valence-electron chi connectivity index (χ3n) is 4.64. The molecule has 2 aliphatic rings. The molecule has 124 valence electrons. The van der Waals surface area contributed by atoms with E-state index in [4.69, 9.17) is 0 Å². The maximum Gasteiger partial charge on any atom is 0.435 e. The zero-order valence-electron chi connectivity index (χ0n) is 12.0. The molecule has 1 atom stereocenters. The van der Waals surface area contributed by atoms with E-state index in [1.165, 1.54) is 4.68 Å². The molecule has 1 saturated carbocycles. The number of alkyl halides is 5. The lowest BCUT2D eigenvalue weighted by atomic mass is 9.76. The van der Waals surface area contributed by atoms with Crippen LogP contribution in [0.2, 0.25) is 0 Å². The van der Waals surface area contributed by atoms with Crippen LogP contribution in [0.25, 0.3) is 0 Å². The molecule has 1 N–H and O–H groups in total. The lowest BCUT2D eigenvalue weighted by Crippen LogP contribution is -2.34. The van der Waals surface area contributed by atoms with E-state index in [0.717, 1.165) is 12.8 Å². The van der Waals surface area contributed by atoms with E-state index in [-0.39, 0.29) is 18.0 Å². The van der Waals surface area contributed by atoms with Crippen molar-refractivity contribution in [3.05, 3.63) is 17.0 Å². The van der Waals surface area contributed by atoms with E-state index >= 15 is 0 Å². The van der Waals surface area contributed by atoms with Crippen molar-refractivity contribution in [2.75, 3.05) is 0 Å². The summed E-state index contributed by atoms with van der Waals surface area (Å²) in [5.41, 5.74) is -2.01. The van der Waals surface area contributed by atoms with Crippen molar-refractivity contribution in [2.45, 2.75) is 57.4 Å². The monoisotopic (exact) mass is 324 g/mol. The minimum absolute atomic E-state index is 0.102. The van der Waals surface area contributed by atoms with Gasteiger partial charge in [0.05, 0.1) is 0 Å². The smallest absolute Gasteiger partial charge is 0.382 e. The molecule has 3 rings (SSSR count). The highest BCUT2D eigenvalue weighted by molar-refractivity contribution is 5.35. The maximum absolute atomic E-state index is 13.6. The van der Waals surface area contributed by atoms with Crippen LogP contribution in [0.3, 0.4) is 0 Å². The fourth-order valence-electron chi connectivity index (χ4n) is 3.52. The molecule has 1 aromatic heterocycles. The highest BCUT2D eigenvalue weighted by atomic mass is 19.4. The summed E-state index contributed by atoms with van der Waals surface area (Å²) in [6, 6.07) is 0. The Hall–Kier alpha value is -1.18. The summed E-state index contributed by atoms with van der Waals surface area (Å²) in [5, 5.41) is 13.2. The number of aliphatic hydroxyl groups excluding tert-OH is 1. The molecule has 0 spiro atoms. The number of nitrogens with zero attached hydrogens (tertiary/aromatic N) is 2. The molecule has 8 heteroatoms. The average molecular weight is 324 g/mol. The fraction of sp³-hybridized carbons (Fsp3) is 0.786. The van der Waals surface area contributed by atoms with Gasteiger partial charge in [0.2, 0.25) is 0 Å². The first-order valence-corrected chi connectivity index (χ1v) is 7.32. The van der Waals surface area contributed by atoms with Gasteiger partial charge in [-0.15, -0.1) is 0 Å². The molecule has 1 aromatic rings. The van der Waals surface area contributed by atoms with Gasteiger partial charge >= 0.3 is 6.18 Å². The van der Waals surface area contributed by atoms with Gasteiger partial charge in [0.25, 0.3) is 5.92 Å². The molecule has 0 saturated heterocycles. The van der Waals surface area contributed by atoms with E-state index in [2.05, 4.69) is 12.0 Å². The van der Waals surface area contributed by atoms with Crippen molar-refractivity contribution < 1.29 is 27.1 Å². The van der Waals surface area contributed by atoms with Crippen LogP contribution in [0.15, 0.2) is 0 Å². The minimum atomic E-state index is -4.85. The van der Waals surface area contributed by atoms with Crippen LogP contribution in [-0.4, -0.2) is 20.8 Å². The van der Waals surface area contributed by atoms with Crippen molar-refractivity contribution in [3.63, 3.8) is 0 Å². The average Bonchev–Trinajstić information content (AvgIpc) is 2.71. The van der Waals surface area contributed by atoms with Gasteiger partial charge in [-0.05, 0) is 31.1 Å². The minimum Gasteiger partial charge on any atom is -0.382 e. The Kier molecular flexibility index (Phi) is 3.50. The van der Waals surface area contributed by atoms with E-state index in [0.29, 0.717) is 12.5 Å². The van der Waals surface area contributed by atoms with Gasteiger partial charge in [-0.25, -0.2) is 8.78 Å². The SMILES string of the molecule is CC1CC(Cn2nc(C(F)(F)F)c3c2CCC(F)(F)C3O)C1. The molecule has 0 bridgehead atoms. The molecular formula is C14H17F5N2O. The van der Waals surface area contributed by atoms with Crippen LogP contribution < -0.4 is 0 Å². The largest absolute Gasteiger partial charge is 0.435 e. The highest BCUT2D eigenvalue weighted by Gasteiger charge is 2.51. The second-order valence-electron chi connectivity index (χ2n) is 6.50. The standard InChI is InChI=1S/C14H17F5N2O/c1-7-4-8(5-7)6-21-9-2-3-13(15,16)12(22)10(9)11(20-21)14(17,18)19/h7-8,12,22H,2-6H2,1H3. The molecule has 0 aliphatic heterocycles. The first-order chi connectivity index (χ1) is 10.1. The number of aromatic nitrogens is 2.